The number of H-pyrrole nitrogens is 1. The number of ether oxygens (including phenoxy) is 1. The summed E-state index contributed by atoms with van der Waals surface area (Å²) in [5, 5.41) is 2.72. The van der Waals surface area contributed by atoms with Gasteiger partial charge in [0, 0.05) is 18.3 Å². The van der Waals surface area contributed by atoms with Crippen LogP contribution in [0.3, 0.4) is 0 Å². The number of carbonyl (C=O) groups is 1. The van der Waals surface area contributed by atoms with Gasteiger partial charge in [-0.3, -0.25) is 4.79 Å². The van der Waals surface area contributed by atoms with E-state index in [9.17, 15) is 9.59 Å². The van der Waals surface area contributed by atoms with E-state index in [2.05, 4.69) is 10.3 Å². The summed E-state index contributed by atoms with van der Waals surface area (Å²) < 4.78 is 17.5. The Morgan fingerprint density at radius 2 is 1.82 bits per heavy atom. The maximum Gasteiger partial charge on any atom is 0.492 e. The Morgan fingerprint density at radius 3 is 2.36 bits per heavy atom. The summed E-state index contributed by atoms with van der Waals surface area (Å²) in [6.45, 7) is 15.2. The second-order valence-electron chi connectivity index (χ2n) is 9.12. The highest BCUT2D eigenvalue weighted by Crippen LogP contribution is 2.38. The molecule has 0 saturated carbocycles. The zero-order valence-corrected chi connectivity index (χ0v) is 18.1. The Morgan fingerprint density at radius 1 is 1.25 bits per heavy atom. The molecule has 7 nitrogen and oxygen atoms in total. The van der Waals surface area contributed by atoms with Crippen molar-refractivity contribution in [2.45, 2.75) is 72.2 Å². The van der Waals surface area contributed by atoms with E-state index in [1.54, 1.807) is 39.1 Å². The van der Waals surface area contributed by atoms with Gasteiger partial charge in [-0.2, -0.15) is 0 Å². The molecule has 1 aliphatic heterocycles. The monoisotopic (exact) mass is 390 g/mol. The van der Waals surface area contributed by atoms with E-state index >= 15 is 0 Å². The number of aromatic amines is 1. The van der Waals surface area contributed by atoms with Crippen molar-refractivity contribution in [3.8, 4) is 0 Å². The summed E-state index contributed by atoms with van der Waals surface area (Å²) in [7, 11) is -0.695. The van der Waals surface area contributed by atoms with Crippen molar-refractivity contribution >= 4 is 19.3 Å². The highest BCUT2D eigenvalue weighted by molar-refractivity contribution is 6.56. The second-order valence-corrected chi connectivity index (χ2v) is 9.12. The van der Waals surface area contributed by atoms with Gasteiger partial charge in [0.05, 0.1) is 11.2 Å². The lowest BCUT2D eigenvalue weighted by Crippen LogP contribution is -2.41. The maximum absolute atomic E-state index is 12.2. The Bertz CT molecular complexity index is 805. The molecule has 1 aromatic heterocycles. The maximum atomic E-state index is 12.2. The number of aromatic nitrogens is 1. The van der Waals surface area contributed by atoms with Gasteiger partial charge in [0.25, 0.3) is 5.56 Å². The number of nitrogens with one attached hydrogen (secondary N) is 2. The van der Waals surface area contributed by atoms with Gasteiger partial charge < -0.3 is 24.3 Å². The van der Waals surface area contributed by atoms with Crippen LogP contribution in [0.5, 0.6) is 0 Å². The van der Waals surface area contributed by atoms with Crippen LogP contribution in [0, 0.1) is 6.92 Å². The number of amides is 1. The Balaban J connectivity index is 2.31. The quantitative estimate of drug-likeness (QED) is 0.771. The summed E-state index contributed by atoms with van der Waals surface area (Å²) in [5.74, 6) is 0. The first-order valence-electron chi connectivity index (χ1n) is 9.42. The molecule has 0 aromatic carbocycles. The number of rotatable bonds is 4. The Kier molecular flexibility index (Phi) is 6.16. The summed E-state index contributed by atoms with van der Waals surface area (Å²) in [6, 6.07) is 1.78. The van der Waals surface area contributed by atoms with Gasteiger partial charge >= 0.3 is 13.2 Å². The molecule has 2 N–H and O–H groups in total. The predicted octanol–water partition coefficient (Wildman–Crippen LogP) is 3.22. The summed E-state index contributed by atoms with van der Waals surface area (Å²) in [5.41, 5.74) is 0.0995. The smallest absolute Gasteiger partial charge is 0.444 e. The summed E-state index contributed by atoms with van der Waals surface area (Å²) in [6.07, 6.45) is 2.80. The minimum atomic E-state index is -0.695. The fourth-order valence-electron chi connectivity index (χ4n) is 2.61. The van der Waals surface area contributed by atoms with Crippen LogP contribution in [0.25, 0.3) is 6.08 Å². The van der Waals surface area contributed by atoms with Crippen molar-refractivity contribution < 1.29 is 18.8 Å². The lowest BCUT2D eigenvalue weighted by atomic mass is 9.77. The summed E-state index contributed by atoms with van der Waals surface area (Å²) in [4.78, 5) is 27.0. The molecule has 1 saturated heterocycles. The van der Waals surface area contributed by atoms with E-state index in [1.807, 2.05) is 34.6 Å². The number of hydrogen-bond acceptors (Lipinski definition) is 5. The number of aryl methyl sites for hydroxylation is 1. The SMILES string of the molecule is Cc1c[nH]c(=O)c(C=C(CNC(=O)OC(C)(C)C)B2OC(C)(C)C(C)(C)O2)c1. The van der Waals surface area contributed by atoms with E-state index in [0.29, 0.717) is 11.0 Å². The van der Waals surface area contributed by atoms with E-state index in [1.165, 1.54) is 0 Å². The number of hydrogen-bond donors (Lipinski definition) is 2. The van der Waals surface area contributed by atoms with Crippen LogP contribution < -0.4 is 10.9 Å². The van der Waals surface area contributed by atoms with Crippen LogP contribution in [0.2, 0.25) is 0 Å². The van der Waals surface area contributed by atoms with Gasteiger partial charge in [0.2, 0.25) is 0 Å². The normalized spacial score (nSPS) is 18.9. The molecule has 2 heterocycles. The van der Waals surface area contributed by atoms with E-state index in [-0.39, 0.29) is 12.1 Å². The molecule has 1 aromatic rings. The third kappa shape index (κ3) is 5.48. The Labute approximate surface area is 167 Å². The molecule has 154 valence electrons. The van der Waals surface area contributed by atoms with Gasteiger partial charge in [-0.15, -0.1) is 0 Å². The molecule has 0 aliphatic carbocycles. The first kappa shape index (κ1) is 22.2. The molecule has 1 amide bonds. The van der Waals surface area contributed by atoms with Crippen molar-refractivity contribution in [3.63, 3.8) is 0 Å². The van der Waals surface area contributed by atoms with Gasteiger partial charge in [0.15, 0.2) is 0 Å². The third-order valence-corrected chi connectivity index (χ3v) is 4.81. The zero-order valence-electron chi connectivity index (χ0n) is 18.1. The van der Waals surface area contributed by atoms with Gasteiger partial charge in [0.1, 0.15) is 5.60 Å². The van der Waals surface area contributed by atoms with Crippen LogP contribution >= 0.6 is 0 Å². The highest BCUT2D eigenvalue weighted by Gasteiger charge is 2.52. The first-order chi connectivity index (χ1) is 12.7. The standard InChI is InChI=1S/C20H31BN2O5/c1-13-9-14(16(24)22-11-13)10-15(12-23-17(25)26-18(2,3)4)21-27-19(5,6)20(7,8)28-21/h9-11H,12H2,1-8H3,(H,22,24)(H,23,25). The highest BCUT2D eigenvalue weighted by atomic mass is 16.7. The second kappa shape index (κ2) is 7.76. The van der Waals surface area contributed by atoms with Crippen LogP contribution in [0.1, 0.15) is 59.6 Å². The Hall–Kier alpha value is -2.06. The molecule has 2 rings (SSSR count). The average molecular weight is 390 g/mol. The molecule has 0 radical (unpaired) electrons. The minimum Gasteiger partial charge on any atom is -0.444 e. The van der Waals surface area contributed by atoms with E-state index in [0.717, 1.165) is 5.56 Å². The molecule has 0 bridgehead atoms. The molecule has 8 heteroatoms. The topological polar surface area (TPSA) is 89.7 Å². The van der Waals surface area contributed by atoms with Gasteiger partial charge in [-0.05, 0) is 72.5 Å². The molecule has 1 fully saturated rings. The fourth-order valence-corrected chi connectivity index (χ4v) is 2.61. The summed E-state index contributed by atoms with van der Waals surface area (Å²) >= 11 is 0. The van der Waals surface area contributed by atoms with Crippen molar-refractivity contribution in [2.75, 3.05) is 6.54 Å². The minimum absolute atomic E-state index is 0.124. The zero-order chi connectivity index (χ0) is 21.3. The predicted molar refractivity (Wildman–Crippen MR) is 110 cm³/mol. The van der Waals surface area contributed by atoms with Gasteiger partial charge in [-0.1, -0.05) is 6.08 Å². The van der Waals surface area contributed by atoms with Crippen LogP contribution in [-0.4, -0.2) is 41.5 Å². The van der Waals surface area contributed by atoms with E-state index < -0.39 is 30.0 Å². The molecule has 0 unspecified atom stereocenters. The lowest BCUT2D eigenvalue weighted by molar-refractivity contribution is 0.00578. The molecular formula is C20H31BN2O5. The molecule has 28 heavy (non-hydrogen) atoms. The lowest BCUT2D eigenvalue weighted by Gasteiger charge is -2.32. The van der Waals surface area contributed by atoms with Gasteiger partial charge in [-0.25, -0.2) is 4.79 Å². The van der Waals surface area contributed by atoms with Crippen LogP contribution in [0.15, 0.2) is 22.5 Å². The number of alkyl carbamates (subject to hydrolysis) is 1. The molecule has 1 aliphatic rings. The van der Waals surface area contributed by atoms with Crippen molar-refractivity contribution in [1.82, 2.24) is 10.3 Å². The largest absolute Gasteiger partial charge is 0.492 e. The van der Waals surface area contributed by atoms with Crippen molar-refractivity contribution in [3.05, 3.63) is 39.2 Å². The van der Waals surface area contributed by atoms with E-state index in [4.69, 9.17) is 14.0 Å². The van der Waals surface area contributed by atoms with Crippen molar-refractivity contribution in [2.24, 2.45) is 0 Å². The average Bonchev–Trinajstić information content (AvgIpc) is 2.73. The fraction of sp³-hybridized carbons (Fsp3) is 0.600. The molecule has 0 atom stereocenters. The molecule has 0 spiro atoms. The molecular weight excluding hydrogens is 359 g/mol. The number of pyridine rings is 1. The van der Waals surface area contributed by atoms with Crippen LogP contribution in [0.4, 0.5) is 4.79 Å². The number of carbonyl (C=O) groups excluding carboxylic acids is 1. The van der Waals surface area contributed by atoms with Crippen molar-refractivity contribution in [1.29, 1.82) is 0 Å². The first-order valence-corrected chi connectivity index (χ1v) is 9.42. The third-order valence-electron chi connectivity index (χ3n) is 4.81. The van der Waals surface area contributed by atoms with Crippen LogP contribution in [-0.2, 0) is 14.0 Å².